The van der Waals surface area contributed by atoms with Gasteiger partial charge in [-0.1, -0.05) is 13.3 Å². The van der Waals surface area contributed by atoms with E-state index in [-0.39, 0.29) is 6.42 Å². The van der Waals surface area contributed by atoms with Crippen molar-refractivity contribution >= 4 is 0 Å². The molecule has 68 valence electrons. The average Bonchev–Trinajstić information content (AvgIpc) is 1.87. The SMILES string of the molecule is CCC[C@H](F)CC(F)(F)CF. The summed E-state index contributed by atoms with van der Waals surface area (Å²) < 4.78 is 48.1. The quantitative estimate of drug-likeness (QED) is 0.559. The van der Waals surface area contributed by atoms with Crippen molar-refractivity contribution in [3.8, 4) is 0 Å². The zero-order valence-corrected chi connectivity index (χ0v) is 6.42. The lowest BCUT2D eigenvalue weighted by molar-refractivity contribution is -0.0485. The minimum absolute atomic E-state index is 0.0790. The predicted molar refractivity (Wildman–Crippen MR) is 35.3 cm³/mol. The van der Waals surface area contributed by atoms with E-state index in [2.05, 4.69) is 0 Å². The Labute approximate surface area is 63.6 Å². The molecule has 0 amide bonds. The Morgan fingerprint density at radius 2 is 1.91 bits per heavy atom. The summed E-state index contributed by atoms with van der Waals surface area (Å²) in [6.45, 7) is -0.0721. The third-order valence-electron chi connectivity index (χ3n) is 1.32. The van der Waals surface area contributed by atoms with Crippen molar-refractivity contribution in [1.29, 1.82) is 0 Å². The third kappa shape index (κ3) is 5.04. The smallest absolute Gasteiger partial charge is 0.247 e. The molecular formula is C7H12F4. The first-order chi connectivity index (χ1) is 5.02. The monoisotopic (exact) mass is 172 g/mol. The molecule has 0 aromatic rings. The molecule has 0 aromatic heterocycles. The Kier molecular flexibility index (Phi) is 4.45. The van der Waals surface area contributed by atoms with E-state index in [9.17, 15) is 17.6 Å². The summed E-state index contributed by atoms with van der Waals surface area (Å²) in [5.74, 6) is -3.48. The maximum atomic E-state index is 12.4. The highest BCUT2D eigenvalue weighted by atomic mass is 19.3. The fourth-order valence-corrected chi connectivity index (χ4v) is 0.794. The van der Waals surface area contributed by atoms with Crippen LogP contribution in [-0.2, 0) is 0 Å². The molecule has 0 aliphatic heterocycles. The van der Waals surface area contributed by atoms with Crippen LogP contribution >= 0.6 is 0 Å². The van der Waals surface area contributed by atoms with Crippen LogP contribution in [0.2, 0.25) is 0 Å². The number of hydrogen-bond donors (Lipinski definition) is 0. The van der Waals surface area contributed by atoms with Gasteiger partial charge in [-0.25, -0.2) is 17.6 Å². The highest BCUT2D eigenvalue weighted by Crippen LogP contribution is 2.24. The Morgan fingerprint density at radius 3 is 2.27 bits per heavy atom. The molecule has 0 aliphatic rings. The third-order valence-corrected chi connectivity index (χ3v) is 1.32. The first kappa shape index (κ1) is 10.7. The van der Waals surface area contributed by atoms with Crippen LogP contribution < -0.4 is 0 Å². The van der Waals surface area contributed by atoms with Gasteiger partial charge in [0.15, 0.2) is 6.67 Å². The van der Waals surface area contributed by atoms with Crippen molar-refractivity contribution in [2.75, 3.05) is 6.67 Å². The molecule has 0 aromatic carbocycles. The van der Waals surface area contributed by atoms with Crippen LogP contribution in [0.3, 0.4) is 0 Å². The second kappa shape index (κ2) is 4.57. The molecule has 0 radical (unpaired) electrons. The summed E-state index contributed by atoms with van der Waals surface area (Å²) >= 11 is 0. The van der Waals surface area contributed by atoms with Crippen LogP contribution in [0.15, 0.2) is 0 Å². The molecule has 11 heavy (non-hydrogen) atoms. The van der Waals surface area contributed by atoms with Crippen LogP contribution in [0.5, 0.6) is 0 Å². The molecular weight excluding hydrogens is 160 g/mol. The number of halogens is 4. The van der Waals surface area contributed by atoms with Crippen molar-refractivity contribution < 1.29 is 17.6 Å². The largest absolute Gasteiger partial charge is 0.278 e. The summed E-state index contributed by atoms with van der Waals surface area (Å²) in [7, 11) is 0. The minimum Gasteiger partial charge on any atom is -0.247 e. The lowest BCUT2D eigenvalue weighted by atomic mass is 10.1. The van der Waals surface area contributed by atoms with Gasteiger partial charge in [0.2, 0.25) is 0 Å². The zero-order valence-electron chi connectivity index (χ0n) is 6.42. The molecule has 0 saturated heterocycles. The van der Waals surface area contributed by atoms with Crippen LogP contribution in [-0.4, -0.2) is 18.8 Å². The van der Waals surface area contributed by atoms with Crippen molar-refractivity contribution in [2.45, 2.75) is 38.3 Å². The number of hydrogen-bond acceptors (Lipinski definition) is 0. The topological polar surface area (TPSA) is 0 Å². The van der Waals surface area contributed by atoms with Crippen molar-refractivity contribution in [3.05, 3.63) is 0 Å². The number of rotatable bonds is 5. The van der Waals surface area contributed by atoms with Gasteiger partial charge in [0.1, 0.15) is 6.17 Å². The lowest BCUT2D eigenvalue weighted by Crippen LogP contribution is -2.23. The van der Waals surface area contributed by atoms with Gasteiger partial charge >= 0.3 is 0 Å². The Morgan fingerprint density at radius 1 is 1.36 bits per heavy atom. The summed E-state index contributed by atoms with van der Waals surface area (Å²) in [4.78, 5) is 0. The molecule has 0 rings (SSSR count). The minimum atomic E-state index is -3.48. The fourth-order valence-electron chi connectivity index (χ4n) is 0.794. The molecule has 0 unspecified atom stereocenters. The van der Waals surface area contributed by atoms with Gasteiger partial charge in [-0.3, -0.25) is 0 Å². The molecule has 0 bridgehead atoms. The van der Waals surface area contributed by atoms with Gasteiger partial charge in [0, 0.05) is 6.42 Å². The van der Waals surface area contributed by atoms with Crippen molar-refractivity contribution in [3.63, 3.8) is 0 Å². The Bertz CT molecular complexity index is 103. The Hall–Kier alpha value is -0.280. The molecule has 0 spiro atoms. The van der Waals surface area contributed by atoms with Gasteiger partial charge < -0.3 is 0 Å². The summed E-state index contributed by atoms with van der Waals surface area (Å²) in [5.41, 5.74) is 0. The van der Waals surface area contributed by atoms with E-state index in [4.69, 9.17) is 0 Å². The maximum absolute atomic E-state index is 12.4. The van der Waals surface area contributed by atoms with E-state index in [1.807, 2.05) is 0 Å². The van der Waals surface area contributed by atoms with Crippen LogP contribution in [0.1, 0.15) is 26.2 Å². The highest BCUT2D eigenvalue weighted by Gasteiger charge is 2.32. The summed E-state index contributed by atoms with van der Waals surface area (Å²) in [6, 6.07) is 0. The van der Waals surface area contributed by atoms with Gasteiger partial charge in [0.05, 0.1) is 0 Å². The van der Waals surface area contributed by atoms with Gasteiger partial charge in [-0.2, -0.15) is 0 Å². The second-order valence-electron chi connectivity index (χ2n) is 2.58. The molecule has 0 nitrogen and oxygen atoms in total. The highest BCUT2D eigenvalue weighted by molar-refractivity contribution is 4.70. The Balaban J connectivity index is 3.64. The van der Waals surface area contributed by atoms with Gasteiger partial charge in [0.25, 0.3) is 5.92 Å². The van der Waals surface area contributed by atoms with E-state index in [1.54, 1.807) is 6.92 Å². The molecule has 0 fully saturated rings. The fraction of sp³-hybridized carbons (Fsp3) is 1.00. The first-order valence-corrected chi connectivity index (χ1v) is 3.59. The molecule has 1 atom stereocenters. The molecule has 0 N–H and O–H groups in total. The standard InChI is InChI=1S/C7H12F4/c1-2-3-6(9)4-7(10,11)5-8/h6H,2-5H2,1H3/t6-/m0/s1. The van der Waals surface area contributed by atoms with Gasteiger partial charge in [-0.05, 0) is 6.42 Å². The van der Waals surface area contributed by atoms with E-state index >= 15 is 0 Å². The maximum Gasteiger partial charge on any atom is 0.278 e. The van der Waals surface area contributed by atoms with E-state index < -0.39 is 25.2 Å². The summed E-state index contributed by atoms with van der Waals surface area (Å²) in [5, 5.41) is 0. The zero-order chi connectivity index (χ0) is 8.91. The van der Waals surface area contributed by atoms with Crippen LogP contribution in [0, 0.1) is 0 Å². The lowest BCUT2D eigenvalue weighted by Gasteiger charge is -2.14. The van der Waals surface area contributed by atoms with Crippen molar-refractivity contribution in [2.24, 2.45) is 0 Å². The van der Waals surface area contributed by atoms with E-state index in [0.717, 1.165) is 0 Å². The second-order valence-corrected chi connectivity index (χ2v) is 2.58. The average molecular weight is 172 g/mol. The molecule has 4 heteroatoms. The summed E-state index contributed by atoms with van der Waals surface area (Å²) in [6.07, 6.45) is -1.98. The molecule has 0 aliphatic carbocycles. The van der Waals surface area contributed by atoms with Crippen LogP contribution in [0.25, 0.3) is 0 Å². The van der Waals surface area contributed by atoms with E-state index in [0.29, 0.717) is 6.42 Å². The van der Waals surface area contributed by atoms with E-state index in [1.165, 1.54) is 0 Å². The van der Waals surface area contributed by atoms with Crippen molar-refractivity contribution in [1.82, 2.24) is 0 Å². The predicted octanol–water partition coefficient (Wildman–Crippen LogP) is 3.12. The van der Waals surface area contributed by atoms with Crippen LogP contribution in [0.4, 0.5) is 17.6 Å². The normalized spacial score (nSPS) is 15.0. The first-order valence-electron chi connectivity index (χ1n) is 3.59. The molecule has 0 heterocycles. The molecule has 0 saturated carbocycles. The number of alkyl halides is 4. The van der Waals surface area contributed by atoms with Gasteiger partial charge in [-0.15, -0.1) is 0 Å².